The van der Waals surface area contributed by atoms with E-state index in [1.165, 1.54) is 26.1 Å². The summed E-state index contributed by atoms with van der Waals surface area (Å²) in [5.74, 6) is 0. The van der Waals surface area contributed by atoms with Gasteiger partial charge in [0.15, 0.2) is 0 Å². The van der Waals surface area contributed by atoms with Crippen molar-refractivity contribution in [1.29, 1.82) is 0 Å². The number of nitrogens with one attached hydrogen (secondary N) is 1. The summed E-state index contributed by atoms with van der Waals surface area (Å²) >= 11 is 8.14. The van der Waals surface area contributed by atoms with Crippen molar-refractivity contribution < 1.29 is 0 Å². The van der Waals surface area contributed by atoms with Gasteiger partial charge in [-0.1, -0.05) is 11.6 Å². The molecule has 0 bridgehead atoms. The number of hydrogen-bond donors (Lipinski definition) is 1. The van der Waals surface area contributed by atoms with Crippen LogP contribution in [-0.4, -0.2) is 6.54 Å². The van der Waals surface area contributed by atoms with Crippen molar-refractivity contribution in [3.63, 3.8) is 0 Å². The minimum atomic E-state index is 0.922. The van der Waals surface area contributed by atoms with E-state index >= 15 is 0 Å². The number of benzene rings is 1. The van der Waals surface area contributed by atoms with Gasteiger partial charge in [0.1, 0.15) is 0 Å². The zero-order valence-corrected chi connectivity index (χ0v) is 10.1. The number of aryl methyl sites for hydroxylation is 1. The molecule has 2 aromatic rings. The van der Waals surface area contributed by atoms with Crippen molar-refractivity contribution in [3.05, 3.63) is 33.2 Å². The molecule has 0 spiro atoms. The third-order valence-corrected chi connectivity index (χ3v) is 4.53. The summed E-state index contributed by atoms with van der Waals surface area (Å²) in [4.78, 5) is 1.42. The SMILES string of the molecule is Cc1sc2ccc(Cl)c3c2c1CNCC3. The van der Waals surface area contributed by atoms with E-state index in [9.17, 15) is 0 Å². The van der Waals surface area contributed by atoms with E-state index in [1.54, 1.807) is 0 Å². The zero-order valence-electron chi connectivity index (χ0n) is 8.56. The molecule has 1 aromatic heterocycles. The van der Waals surface area contributed by atoms with Crippen LogP contribution in [0.15, 0.2) is 12.1 Å². The predicted octanol–water partition coefficient (Wildman–Crippen LogP) is 3.51. The van der Waals surface area contributed by atoms with E-state index in [0.29, 0.717) is 0 Å². The van der Waals surface area contributed by atoms with E-state index in [1.807, 2.05) is 17.4 Å². The van der Waals surface area contributed by atoms with Crippen molar-refractivity contribution in [2.75, 3.05) is 6.54 Å². The summed E-state index contributed by atoms with van der Waals surface area (Å²) < 4.78 is 1.38. The van der Waals surface area contributed by atoms with Gasteiger partial charge in [0, 0.05) is 26.5 Å². The van der Waals surface area contributed by atoms with Gasteiger partial charge in [0.05, 0.1) is 0 Å². The summed E-state index contributed by atoms with van der Waals surface area (Å²) in [6.07, 6.45) is 1.04. The number of hydrogen-bond acceptors (Lipinski definition) is 2. The fourth-order valence-electron chi connectivity index (χ4n) is 2.30. The minimum Gasteiger partial charge on any atom is -0.312 e. The van der Waals surface area contributed by atoms with Gasteiger partial charge < -0.3 is 5.32 Å². The summed E-state index contributed by atoms with van der Waals surface area (Å²) in [5.41, 5.74) is 2.78. The van der Waals surface area contributed by atoms with E-state index in [2.05, 4.69) is 18.3 Å². The zero-order chi connectivity index (χ0) is 10.4. The van der Waals surface area contributed by atoms with Crippen molar-refractivity contribution in [2.45, 2.75) is 19.9 Å². The highest BCUT2D eigenvalue weighted by Gasteiger charge is 2.17. The Morgan fingerprint density at radius 3 is 3.07 bits per heavy atom. The Hall–Kier alpha value is -0.570. The highest BCUT2D eigenvalue weighted by molar-refractivity contribution is 7.19. The second kappa shape index (κ2) is 3.48. The third kappa shape index (κ3) is 1.40. The lowest BCUT2D eigenvalue weighted by Gasteiger charge is -2.03. The number of rotatable bonds is 0. The molecule has 1 aliphatic rings. The van der Waals surface area contributed by atoms with Crippen LogP contribution in [0.3, 0.4) is 0 Å². The molecule has 0 radical (unpaired) electrons. The fourth-order valence-corrected chi connectivity index (χ4v) is 3.67. The molecule has 78 valence electrons. The molecule has 0 saturated carbocycles. The molecule has 3 rings (SSSR count). The summed E-state index contributed by atoms with van der Waals surface area (Å²) in [6, 6.07) is 4.18. The first-order chi connectivity index (χ1) is 7.27. The lowest BCUT2D eigenvalue weighted by Crippen LogP contribution is -2.14. The van der Waals surface area contributed by atoms with Crippen molar-refractivity contribution in [3.8, 4) is 0 Å². The molecule has 0 fully saturated rings. The second-order valence-corrected chi connectivity index (χ2v) is 5.63. The van der Waals surface area contributed by atoms with Crippen LogP contribution >= 0.6 is 22.9 Å². The maximum absolute atomic E-state index is 6.27. The van der Waals surface area contributed by atoms with Gasteiger partial charge in [-0.05, 0) is 43.1 Å². The Morgan fingerprint density at radius 2 is 2.20 bits per heavy atom. The molecule has 3 heteroatoms. The molecule has 15 heavy (non-hydrogen) atoms. The van der Waals surface area contributed by atoms with E-state index in [4.69, 9.17) is 11.6 Å². The lowest BCUT2D eigenvalue weighted by molar-refractivity contribution is 0.702. The first-order valence-corrected chi connectivity index (χ1v) is 6.37. The smallest absolute Gasteiger partial charge is 0.0445 e. The highest BCUT2D eigenvalue weighted by atomic mass is 35.5. The molecule has 2 heterocycles. The van der Waals surface area contributed by atoms with E-state index in [0.717, 1.165) is 24.5 Å². The maximum Gasteiger partial charge on any atom is 0.0445 e. The average molecular weight is 238 g/mol. The van der Waals surface area contributed by atoms with Crippen molar-refractivity contribution in [2.24, 2.45) is 0 Å². The van der Waals surface area contributed by atoms with Crippen LogP contribution in [0.4, 0.5) is 0 Å². The van der Waals surface area contributed by atoms with Gasteiger partial charge in [-0.2, -0.15) is 0 Å². The van der Waals surface area contributed by atoms with Gasteiger partial charge in [-0.25, -0.2) is 0 Å². The topological polar surface area (TPSA) is 12.0 Å². The van der Waals surface area contributed by atoms with Crippen LogP contribution < -0.4 is 5.32 Å². The van der Waals surface area contributed by atoms with Gasteiger partial charge in [-0.15, -0.1) is 11.3 Å². The van der Waals surface area contributed by atoms with Crippen LogP contribution in [0.25, 0.3) is 10.1 Å². The Kier molecular flexibility index (Phi) is 2.23. The summed E-state index contributed by atoms with van der Waals surface area (Å²) in [6.45, 7) is 4.21. The van der Waals surface area contributed by atoms with Gasteiger partial charge in [0.25, 0.3) is 0 Å². The average Bonchev–Trinajstić information content (AvgIpc) is 2.44. The summed E-state index contributed by atoms with van der Waals surface area (Å²) in [7, 11) is 0. The van der Waals surface area contributed by atoms with Crippen LogP contribution in [-0.2, 0) is 13.0 Å². The Labute approximate surface area is 98.1 Å². The largest absolute Gasteiger partial charge is 0.312 e. The van der Waals surface area contributed by atoms with Crippen LogP contribution in [0.5, 0.6) is 0 Å². The van der Waals surface area contributed by atoms with Gasteiger partial charge in [-0.3, -0.25) is 0 Å². The van der Waals surface area contributed by atoms with Gasteiger partial charge in [0.2, 0.25) is 0 Å². The number of halogens is 1. The molecule has 0 amide bonds. The fraction of sp³-hybridized carbons (Fsp3) is 0.333. The predicted molar refractivity (Wildman–Crippen MR) is 67.0 cm³/mol. The van der Waals surface area contributed by atoms with Crippen LogP contribution in [0.1, 0.15) is 16.0 Å². The molecule has 1 nitrogen and oxygen atoms in total. The van der Waals surface area contributed by atoms with Crippen molar-refractivity contribution >= 4 is 33.0 Å². The first-order valence-electron chi connectivity index (χ1n) is 5.17. The molecule has 0 aliphatic carbocycles. The molecular weight excluding hydrogens is 226 g/mol. The lowest BCUT2D eigenvalue weighted by atomic mass is 10.0. The maximum atomic E-state index is 6.27. The standard InChI is InChI=1S/C12H12ClNS/c1-7-9-6-14-5-4-8-10(13)2-3-11(15-7)12(8)9/h2-3,14H,4-6H2,1H3. The Morgan fingerprint density at radius 1 is 1.33 bits per heavy atom. The summed E-state index contributed by atoms with van der Waals surface area (Å²) in [5, 5.41) is 5.79. The van der Waals surface area contributed by atoms with Crippen molar-refractivity contribution in [1.82, 2.24) is 5.32 Å². The molecule has 1 N–H and O–H groups in total. The highest BCUT2D eigenvalue weighted by Crippen LogP contribution is 2.37. The van der Waals surface area contributed by atoms with E-state index < -0.39 is 0 Å². The molecule has 0 unspecified atom stereocenters. The van der Waals surface area contributed by atoms with Crippen LogP contribution in [0.2, 0.25) is 5.02 Å². The molecule has 1 aliphatic heterocycles. The second-order valence-electron chi connectivity index (χ2n) is 3.96. The van der Waals surface area contributed by atoms with Gasteiger partial charge >= 0.3 is 0 Å². The first kappa shape index (κ1) is 9.64. The van der Waals surface area contributed by atoms with E-state index in [-0.39, 0.29) is 0 Å². The minimum absolute atomic E-state index is 0.922. The Bertz CT molecular complexity index is 530. The normalized spacial score (nSPS) is 15.6. The Balaban J connectivity index is 2.45. The monoisotopic (exact) mass is 237 g/mol. The molecule has 1 aromatic carbocycles. The molecular formula is C12H12ClNS. The quantitative estimate of drug-likeness (QED) is 0.740. The molecule has 0 atom stereocenters. The molecule has 0 saturated heterocycles. The third-order valence-electron chi connectivity index (χ3n) is 3.06. The van der Waals surface area contributed by atoms with Crippen LogP contribution in [0, 0.1) is 6.92 Å². The number of thiophene rings is 1.